The molecule has 4 aromatic carbocycles. The molecule has 0 atom stereocenters. The van der Waals surface area contributed by atoms with Crippen LogP contribution in [0.25, 0.3) is 6.08 Å². The van der Waals surface area contributed by atoms with Crippen LogP contribution < -0.4 is 19.3 Å². The lowest BCUT2D eigenvalue weighted by Gasteiger charge is -2.34. The third-order valence-electron chi connectivity index (χ3n) is 6.54. The van der Waals surface area contributed by atoms with Gasteiger partial charge in [-0.3, -0.25) is 19.7 Å². The van der Waals surface area contributed by atoms with Crippen LogP contribution in [0.4, 0.5) is 35.0 Å². The first kappa shape index (κ1) is 30.8. The molecule has 5 rings (SSSR count). The van der Waals surface area contributed by atoms with Crippen LogP contribution in [0, 0.1) is 10.1 Å². The number of alkyl halides is 3. The maximum atomic E-state index is 13.6. The molecule has 1 aliphatic rings. The van der Waals surface area contributed by atoms with Gasteiger partial charge in [-0.05, 0) is 60.2 Å². The summed E-state index contributed by atoms with van der Waals surface area (Å²) in [4.78, 5) is 52.9. The topological polar surface area (TPSA) is 119 Å². The Morgan fingerprint density at radius 3 is 1.87 bits per heavy atom. The highest BCUT2D eigenvalue weighted by Crippen LogP contribution is 2.44. The van der Waals surface area contributed by atoms with E-state index in [0.717, 1.165) is 15.9 Å². The molecule has 10 nitrogen and oxygen atoms in total. The van der Waals surface area contributed by atoms with Crippen molar-refractivity contribution in [3.8, 4) is 17.2 Å². The van der Waals surface area contributed by atoms with Crippen molar-refractivity contribution in [1.82, 2.24) is 0 Å². The fourth-order valence-electron chi connectivity index (χ4n) is 4.46. The molecular formula is C31H19ClF3N3O7. The van der Waals surface area contributed by atoms with E-state index in [4.69, 9.17) is 21.1 Å². The highest BCUT2D eigenvalue weighted by Gasteiger charge is 2.43. The maximum absolute atomic E-state index is 13.6. The molecular weight excluding hydrogens is 619 g/mol. The average molecular weight is 638 g/mol. The fraction of sp³-hybridized carbons (Fsp3) is 0.0645. The first-order valence-corrected chi connectivity index (χ1v) is 13.2. The predicted octanol–water partition coefficient (Wildman–Crippen LogP) is 7.65. The number of imide groups is 2. The monoisotopic (exact) mass is 637 g/mol. The molecule has 1 fully saturated rings. The van der Waals surface area contributed by atoms with Crippen LogP contribution in [-0.4, -0.2) is 29.9 Å². The van der Waals surface area contributed by atoms with E-state index in [-0.39, 0.29) is 33.5 Å². The summed E-state index contributed by atoms with van der Waals surface area (Å²) in [6.07, 6.45) is -3.65. The zero-order valence-electron chi connectivity index (χ0n) is 22.9. The van der Waals surface area contributed by atoms with Crippen LogP contribution in [0.5, 0.6) is 17.2 Å². The van der Waals surface area contributed by atoms with Gasteiger partial charge in [0.2, 0.25) is 5.75 Å². The van der Waals surface area contributed by atoms with Crippen molar-refractivity contribution >= 4 is 52.6 Å². The van der Waals surface area contributed by atoms with Gasteiger partial charge in [-0.2, -0.15) is 13.2 Å². The van der Waals surface area contributed by atoms with Gasteiger partial charge in [0.05, 0.1) is 34.0 Å². The Morgan fingerprint density at radius 1 is 0.822 bits per heavy atom. The molecule has 45 heavy (non-hydrogen) atoms. The van der Waals surface area contributed by atoms with Crippen molar-refractivity contribution in [3.05, 3.63) is 123 Å². The van der Waals surface area contributed by atoms with Crippen LogP contribution in [0.2, 0.25) is 5.02 Å². The number of halogens is 4. The van der Waals surface area contributed by atoms with Gasteiger partial charge in [-0.15, -0.1) is 0 Å². The molecule has 0 aromatic heterocycles. The summed E-state index contributed by atoms with van der Waals surface area (Å²) in [5.74, 6) is -2.79. The molecule has 0 N–H and O–H groups in total. The van der Waals surface area contributed by atoms with E-state index in [1.807, 2.05) is 0 Å². The molecule has 228 valence electrons. The number of rotatable bonds is 7. The van der Waals surface area contributed by atoms with Crippen molar-refractivity contribution in [2.45, 2.75) is 6.18 Å². The lowest BCUT2D eigenvalue weighted by atomic mass is 10.0. The van der Waals surface area contributed by atoms with Crippen LogP contribution in [0.1, 0.15) is 11.1 Å². The van der Waals surface area contributed by atoms with Crippen molar-refractivity contribution in [1.29, 1.82) is 0 Å². The normalized spacial score (nSPS) is 13.6. The number of para-hydroxylation sites is 2. The number of amides is 4. The second-order valence-electron chi connectivity index (χ2n) is 9.37. The van der Waals surface area contributed by atoms with Gasteiger partial charge >= 0.3 is 17.9 Å². The lowest BCUT2D eigenvalue weighted by molar-refractivity contribution is -0.385. The first-order valence-electron chi connectivity index (χ1n) is 12.9. The Bertz CT molecular complexity index is 1800. The molecule has 0 saturated carbocycles. The van der Waals surface area contributed by atoms with E-state index >= 15 is 0 Å². The number of ether oxygens (including phenoxy) is 2. The van der Waals surface area contributed by atoms with Crippen molar-refractivity contribution in [3.63, 3.8) is 0 Å². The number of carbonyl (C=O) groups is 3. The van der Waals surface area contributed by atoms with E-state index in [0.29, 0.717) is 12.1 Å². The molecule has 0 unspecified atom stereocenters. The summed E-state index contributed by atoms with van der Waals surface area (Å²) in [5, 5.41) is 11.3. The zero-order valence-corrected chi connectivity index (χ0v) is 23.7. The van der Waals surface area contributed by atoms with Gasteiger partial charge in [0.1, 0.15) is 5.57 Å². The van der Waals surface area contributed by atoms with Gasteiger partial charge in [0, 0.05) is 6.07 Å². The van der Waals surface area contributed by atoms with E-state index in [1.165, 1.54) is 49.6 Å². The third kappa shape index (κ3) is 6.06. The number of benzene rings is 4. The maximum Gasteiger partial charge on any atom is 0.416 e. The summed E-state index contributed by atoms with van der Waals surface area (Å²) in [6, 6.07) is 19.3. The molecule has 0 spiro atoms. The van der Waals surface area contributed by atoms with Crippen molar-refractivity contribution in [2.24, 2.45) is 0 Å². The van der Waals surface area contributed by atoms with E-state index in [9.17, 15) is 37.7 Å². The van der Waals surface area contributed by atoms with E-state index in [1.54, 1.807) is 36.4 Å². The highest BCUT2D eigenvalue weighted by molar-refractivity contribution is 6.46. The Labute approximate surface area is 257 Å². The fourth-order valence-corrected chi connectivity index (χ4v) is 4.72. The summed E-state index contributed by atoms with van der Waals surface area (Å²) >= 11 is 6.43. The summed E-state index contributed by atoms with van der Waals surface area (Å²) in [7, 11) is 1.21. The molecule has 1 aliphatic heterocycles. The Balaban J connectivity index is 1.58. The minimum Gasteiger partial charge on any atom is -0.493 e. The van der Waals surface area contributed by atoms with Crippen LogP contribution >= 0.6 is 11.6 Å². The van der Waals surface area contributed by atoms with E-state index in [2.05, 4.69) is 0 Å². The SMILES string of the molecule is COc1cc(C=C2C(=O)N(c3ccccc3)C(=O)N(c3ccccc3)C2=O)cc(Cl)c1Oc1ccc(C(F)(F)F)cc1[N+](=O)[O-]. The Hall–Kier alpha value is -5.69. The van der Waals surface area contributed by atoms with Crippen molar-refractivity contribution in [2.75, 3.05) is 16.9 Å². The minimum atomic E-state index is -4.83. The van der Waals surface area contributed by atoms with E-state index < -0.39 is 51.5 Å². The molecule has 14 heteroatoms. The Morgan fingerprint density at radius 2 is 1.38 bits per heavy atom. The highest BCUT2D eigenvalue weighted by atomic mass is 35.5. The van der Waals surface area contributed by atoms with Gasteiger partial charge < -0.3 is 9.47 Å². The quantitative estimate of drug-likeness (QED) is 0.0883. The minimum absolute atomic E-state index is 0.129. The lowest BCUT2D eigenvalue weighted by Crippen LogP contribution is -2.57. The number of nitro groups is 1. The molecule has 4 aromatic rings. The molecule has 1 heterocycles. The number of nitro benzene ring substituents is 1. The molecule has 0 aliphatic carbocycles. The average Bonchev–Trinajstić information content (AvgIpc) is 3.01. The number of barbiturate groups is 1. The second-order valence-corrected chi connectivity index (χ2v) is 9.77. The largest absolute Gasteiger partial charge is 0.493 e. The number of nitrogens with zero attached hydrogens (tertiary/aromatic N) is 3. The van der Waals surface area contributed by atoms with Crippen LogP contribution in [0.3, 0.4) is 0 Å². The molecule has 0 radical (unpaired) electrons. The van der Waals surface area contributed by atoms with Crippen molar-refractivity contribution < 1.29 is 42.0 Å². The van der Waals surface area contributed by atoms with Crippen LogP contribution in [-0.2, 0) is 15.8 Å². The standard InChI is InChI=1S/C31H19ClF3N3O7/c1-44-26-16-18(15-23(32)27(26)45-25-13-12-19(31(33,34)35)17-24(25)38(42)43)14-22-28(39)36(20-8-4-2-5-9-20)30(41)37(29(22)40)21-10-6-3-7-11-21/h2-17H,1H3. The number of urea groups is 1. The number of hydrogen-bond acceptors (Lipinski definition) is 7. The number of hydrogen-bond donors (Lipinski definition) is 0. The molecule has 4 amide bonds. The first-order chi connectivity index (χ1) is 21.4. The molecule has 1 saturated heterocycles. The Kier molecular flexibility index (Phi) is 8.29. The summed E-state index contributed by atoms with van der Waals surface area (Å²) in [6.45, 7) is 0. The second kappa shape index (κ2) is 12.1. The zero-order chi connectivity index (χ0) is 32.5. The number of carbonyl (C=O) groups excluding carboxylic acids is 3. The number of methoxy groups -OCH3 is 1. The van der Waals surface area contributed by atoms with Gasteiger partial charge in [-0.25, -0.2) is 14.6 Å². The van der Waals surface area contributed by atoms with Gasteiger partial charge in [0.15, 0.2) is 11.5 Å². The molecule has 0 bridgehead atoms. The predicted molar refractivity (Wildman–Crippen MR) is 157 cm³/mol. The summed E-state index contributed by atoms with van der Waals surface area (Å²) in [5.41, 5.74) is -2.07. The summed E-state index contributed by atoms with van der Waals surface area (Å²) < 4.78 is 50.3. The smallest absolute Gasteiger partial charge is 0.416 e. The number of anilines is 2. The van der Waals surface area contributed by atoms with Gasteiger partial charge in [0.25, 0.3) is 11.8 Å². The third-order valence-corrected chi connectivity index (χ3v) is 6.82. The van der Waals surface area contributed by atoms with Crippen LogP contribution in [0.15, 0.2) is 96.6 Å². The van der Waals surface area contributed by atoms with Gasteiger partial charge in [-0.1, -0.05) is 48.0 Å².